The quantitative estimate of drug-likeness (QED) is 0.725. The van der Waals surface area contributed by atoms with E-state index in [9.17, 15) is 4.79 Å². The number of amides is 1. The summed E-state index contributed by atoms with van der Waals surface area (Å²) < 4.78 is 1.73. The Bertz CT molecular complexity index is 910. The second kappa shape index (κ2) is 6.64. The first-order valence-electron chi connectivity index (χ1n) is 8.05. The van der Waals surface area contributed by atoms with E-state index in [1.165, 1.54) is 0 Å². The van der Waals surface area contributed by atoms with Crippen molar-refractivity contribution in [3.8, 4) is 0 Å². The van der Waals surface area contributed by atoms with Gasteiger partial charge in [0.15, 0.2) is 0 Å². The standard InChI is InChI=1S/C18H16ClN5O/c19-16-2-1-14-9-18(25)24(5-3-15(14)8-16)17-7-13(10-20-11-17)12-23-6-4-21-22-23/h1-2,4,6-8,10-11H,3,5,9,12H2. The number of anilines is 1. The van der Waals surface area contributed by atoms with Crippen LogP contribution in [0.2, 0.25) is 5.02 Å². The van der Waals surface area contributed by atoms with Gasteiger partial charge in [-0.1, -0.05) is 22.9 Å². The van der Waals surface area contributed by atoms with Gasteiger partial charge in [0.25, 0.3) is 0 Å². The van der Waals surface area contributed by atoms with Gasteiger partial charge in [-0.3, -0.25) is 9.78 Å². The Morgan fingerprint density at radius 3 is 2.92 bits per heavy atom. The number of hydrogen-bond donors (Lipinski definition) is 0. The molecule has 0 fully saturated rings. The predicted octanol–water partition coefficient (Wildman–Crippen LogP) is 2.51. The van der Waals surface area contributed by atoms with Crippen LogP contribution < -0.4 is 4.90 Å². The van der Waals surface area contributed by atoms with Crippen LogP contribution in [0.3, 0.4) is 0 Å². The molecule has 1 aliphatic heterocycles. The fourth-order valence-corrected chi connectivity index (χ4v) is 3.29. The summed E-state index contributed by atoms with van der Waals surface area (Å²) in [4.78, 5) is 18.8. The number of halogens is 1. The van der Waals surface area contributed by atoms with Crippen LogP contribution in [0.1, 0.15) is 16.7 Å². The lowest BCUT2D eigenvalue weighted by atomic mass is 10.0. The number of hydrogen-bond acceptors (Lipinski definition) is 4. The van der Waals surface area contributed by atoms with E-state index in [-0.39, 0.29) is 5.91 Å². The summed E-state index contributed by atoms with van der Waals surface area (Å²) in [5.41, 5.74) is 3.96. The SMILES string of the molecule is O=C1Cc2ccc(Cl)cc2CCN1c1cncc(Cn2ccnn2)c1. The lowest BCUT2D eigenvalue weighted by Crippen LogP contribution is -2.32. The summed E-state index contributed by atoms with van der Waals surface area (Å²) in [5.74, 6) is 0.0702. The molecule has 1 amide bonds. The normalized spacial score (nSPS) is 14.3. The van der Waals surface area contributed by atoms with Gasteiger partial charge in [-0.25, -0.2) is 4.68 Å². The summed E-state index contributed by atoms with van der Waals surface area (Å²) in [5, 5.41) is 8.47. The maximum Gasteiger partial charge on any atom is 0.231 e. The predicted molar refractivity (Wildman–Crippen MR) is 94.6 cm³/mol. The number of carbonyl (C=O) groups excluding carboxylic acids is 1. The van der Waals surface area contributed by atoms with Crippen LogP contribution in [-0.4, -0.2) is 32.4 Å². The molecule has 3 aromatic rings. The Morgan fingerprint density at radius 2 is 2.08 bits per heavy atom. The summed E-state index contributed by atoms with van der Waals surface area (Å²) in [7, 11) is 0. The zero-order valence-electron chi connectivity index (χ0n) is 13.5. The Labute approximate surface area is 150 Å². The highest BCUT2D eigenvalue weighted by molar-refractivity contribution is 6.30. The van der Waals surface area contributed by atoms with Gasteiger partial charge in [-0.15, -0.1) is 5.10 Å². The smallest absolute Gasteiger partial charge is 0.231 e. The van der Waals surface area contributed by atoms with Crippen LogP contribution in [0.25, 0.3) is 0 Å². The summed E-state index contributed by atoms with van der Waals surface area (Å²) in [6, 6.07) is 7.71. The van der Waals surface area contributed by atoms with Crippen molar-refractivity contribution < 1.29 is 4.79 Å². The highest BCUT2D eigenvalue weighted by atomic mass is 35.5. The molecule has 6 nitrogen and oxygen atoms in total. The van der Waals surface area contributed by atoms with Crippen LogP contribution in [-0.2, 0) is 24.2 Å². The third-order valence-electron chi connectivity index (χ3n) is 4.32. The molecule has 0 unspecified atom stereocenters. The van der Waals surface area contributed by atoms with E-state index >= 15 is 0 Å². The van der Waals surface area contributed by atoms with Gasteiger partial charge in [0.05, 0.1) is 31.0 Å². The van der Waals surface area contributed by atoms with Crippen molar-refractivity contribution in [2.45, 2.75) is 19.4 Å². The number of benzene rings is 1. The fourth-order valence-electron chi connectivity index (χ4n) is 3.10. The molecule has 0 N–H and O–H groups in total. The van der Waals surface area contributed by atoms with Crippen LogP contribution >= 0.6 is 11.6 Å². The number of nitrogens with zero attached hydrogens (tertiary/aromatic N) is 5. The van der Waals surface area contributed by atoms with Gasteiger partial charge in [-0.2, -0.15) is 0 Å². The topological polar surface area (TPSA) is 63.9 Å². The van der Waals surface area contributed by atoms with Crippen LogP contribution in [0.5, 0.6) is 0 Å². The Balaban J connectivity index is 1.58. The average Bonchev–Trinajstić information content (AvgIpc) is 3.04. The molecular formula is C18H16ClN5O. The minimum atomic E-state index is 0.0702. The van der Waals surface area contributed by atoms with Crippen molar-refractivity contribution in [1.29, 1.82) is 0 Å². The molecule has 0 bridgehead atoms. The third kappa shape index (κ3) is 3.39. The largest absolute Gasteiger partial charge is 0.310 e. The average molecular weight is 354 g/mol. The molecular weight excluding hydrogens is 338 g/mol. The lowest BCUT2D eigenvalue weighted by Gasteiger charge is -2.20. The van der Waals surface area contributed by atoms with E-state index in [4.69, 9.17) is 11.6 Å². The second-order valence-electron chi connectivity index (χ2n) is 6.04. The van der Waals surface area contributed by atoms with Crippen LogP contribution in [0, 0.1) is 0 Å². The maximum atomic E-state index is 12.7. The highest BCUT2D eigenvalue weighted by Gasteiger charge is 2.22. The molecule has 1 aliphatic rings. The molecule has 0 radical (unpaired) electrons. The summed E-state index contributed by atoms with van der Waals surface area (Å²) in [6.07, 6.45) is 8.09. The molecule has 0 saturated heterocycles. The molecule has 7 heteroatoms. The van der Waals surface area contributed by atoms with Gasteiger partial charge in [0.2, 0.25) is 5.91 Å². The van der Waals surface area contributed by atoms with E-state index in [2.05, 4.69) is 15.3 Å². The van der Waals surface area contributed by atoms with Crippen molar-refractivity contribution in [1.82, 2.24) is 20.0 Å². The molecule has 0 spiro atoms. The Morgan fingerprint density at radius 1 is 1.16 bits per heavy atom. The molecule has 4 rings (SSSR count). The van der Waals surface area contributed by atoms with Gasteiger partial charge in [-0.05, 0) is 41.3 Å². The molecule has 0 aliphatic carbocycles. The van der Waals surface area contributed by atoms with E-state index < -0.39 is 0 Å². The van der Waals surface area contributed by atoms with Gasteiger partial charge in [0, 0.05) is 24.0 Å². The van der Waals surface area contributed by atoms with E-state index in [0.29, 0.717) is 24.5 Å². The number of aromatic nitrogens is 4. The zero-order chi connectivity index (χ0) is 17.2. The zero-order valence-corrected chi connectivity index (χ0v) is 14.2. The number of fused-ring (bicyclic) bond motifs is 1. The van der Waals surface area contributed by atoms with Crippen molar-refractivity contribution >= 4 is 23.2 Å². The first-order chi connectivity index (χ1) is 12.2. The molecule has 3 heterocycles. The monoisotopic (exact) mass is 353 g/mol. The first kappa shape index (κ1) is 15.8. The number of rotatable bonds is 3. The van der Waals surface area contributed by atoms with Crippen molar-refractivity contribution in [3.05, 3.63) is 70.8 Å². The van der Waals surface area contributed by atoms with E-state index in [1.807, 2.05) is 24.3 Å². The molecule has 25 heavy (non-hydrogen) atoms. The highest BCUT2D eigenvalue weighted by Crippen LogP contribution is 2.24. The molecule has 1 aromatic carbocycles. The molecule has 2 aromatic heterocycles. The molecule has 126 valence electrons. The van der Waals surface area contributed by atoms with E-state index in [1.54, 1.807) is 34.4 Å². The van der Waals surface area contributed by atoms with Crippen LogP contribution in [0.4, 0.5) is 5.69 Å². The Hall–Kier alpha value is -2.73. The second-order valence-corrected chi connectivity index (χ2v) is 6.47. The van der Waals surface area contributed by atoms with Gasteiger partial charge in [0.1, 0.15) is 0 Å². The third-order valence-corrected chi connectivity index (χ3v) is 4.56. The van der Waals surface area contributed by atoms with Gasteiger partial charge >= 0.3 is 0 Å². The summed E-state index contributed by atoms with van der Waals surface area (Å²) >= 11 is 6.09. The number of carbonyl (C=O) groups is 1. The van der Waals surface area contributed by atoms with Crippen molar-refractivity contribution in [2.75, 3.05) is 11.4 Å². The van der Waals surface area contributed by atoms with Crippen molar-refractivity contribution in [2.24, 2.45) is 0 Å². The lowest BCUT2D eigenvalue weighted by molar-refractivity contribution is -0.117. The molecule has 0 saturated carbocycles. The maximum absolute atomic E-state index is 12.7. The minimum absolute atomic E-state index is 0.0702. The Kier molecular flexibility index (Phi) is 4.19. The summed E-state index contributed by atoms with van der Waals surface area (Å²) in [6.45, 7) is 1.18. The fraction of sp³-hybridized carbons (Fsp3) is 0.222. The minimum Gasteiger partial charge on any atom is -0.310 e. The van der Waals surface area contributed by atoms with Crippen LogP contribution in [0.15, 0.2) is 49.1 Å². The van der Waals surface area contributed by atoms with Gasteiger partial charge < -0.3 is 4.90 Å². The van der Waals surface area contributed by atoms with E-state index in [0.717, 1.165) is 28.8 Å². The number of pyridine rings is 1. The first-order valence-corrected chi connectivity index (χ1v) is 8.42. The molecule has 0 atom stereocenters. The van der Waals surface area contributed by atoms with Crippen molar-refractivity contribution in [3.63, 3.8) is 0 Å².